The highest BCUT2D eigenvalue weighted by Crippen LogP contribution is 2.33. The van der Waals surface area contributed by atoms with E-state index in [1.807, 2.05) is 0 Å². The quantitative estimate of drug-likeness (QED) is 0.764. The normalized spacial score (nSPS) is 26.6. The molecule has 2 rings (SSSR count). The number of alkyl halides is 3. The van der Waals surface area contributed by atoms with Gasteiger partial charge < -0.3 is 10.1 Å². The van der Waals surface area contributed by atoms with E-state index in [2.05, 4.69) is 17.1 Å². The first-order valence-electron chi connectivity index (χ1n) is 8.08. The Morgan fingerprint density at radius 3 is 2.62 bits per heavy atom. The first-order chi connectivity index (χ1) is 9.94. The lowest BCUT2D eigenvalue weighted by atomic mass is 9.91. The van der Waals surface area contributed by atoms with Crippen LogP contribution in [-0.4, -0.2) is 55.5 Å². The Bertz CT molecular complexity index is 317. The second kappa shape index (κ2) is 7.29. The maximum Gasteiger partial charge on any atom is 0.411 e. The summed E-state index contributed by atoms with van der Waals surface area (Å²) in [4.78, 5) is 2.46. The van der Waals surface area contributed by atoms with Crippen LogP contribution >= 0.6 is 0 Å². The molecule has 21 heavy (non-hydrogen) atoms. The Labute approximate surface area is 125 Å². The van der Waals surface area contributed by atoms with E-state index >= 15 is 0 Å². The van der Waals surface area contributed by atoms with E-state index in [9.17, 15) is 13.2 Å². The lowest BCUT2D eigenvalue weighted by Gasteiger charge is -2.46. The molecule has 1 N–H and O–H groups in total. The van der Waals surface area contributed by atoms with Gasteiger partial charge in [-0.3, -0.25) is 4.90 Å². The maximum absolute atomic E-state index is 12.0. The summed E-state index contributed by atoms with van der Waals surface area (Å²) in [5.74, 6) is 0. The Morgan fingerprint density at radius 2 is 2.00 bits per heavy atom. The van der Waals surface area contributed by atoms with Crippen molar-refractivity contribution in [2.75, 3.05) is 32.8 Å². The van der Waals surface area contributed by atoms with Gasteiger partial charge in [0.15, 0.2) is 0 Å². The fourth-order valence-electron chi connectivity index (χ4n) is 3.65. The Kier molecular flexibility index (Phi) is 5.91. The molecule has 6 heteroatoms. The zero-order valence-electron chi connectivity index (χ0n) is 12.8. The second-order valence-corrected chi connectivity index (χ2v) is 6.42. The van der Waals surface area contributed by atoms with Crippen LogP contribution in [0.1, 0.15) is 45.4 Å². The first-order valence-corrected chi connectivity index (χ1v) is 8.08. The Balaban J connectivity index is 1.73. The van der Waals surface area contributed by atoms with Gasteiger partial charge in [-0.25, -0.2) is 0 Å². The maximum atomic E-state index is 12.0. The molecule has 1 aliphatic carbocycles. The van der Waals surface area contributed by atoms with Gasteiger partial charge in [-0.1, -0.05) is 19.8 Å². The van der Waals surface area contributed by atoms with Crippen molar-refractivity contribution in [3.63, 3.8) is 0 Å². The van der Waals surface area contributed by atoms with E-state index in [4.69, 9.17) is 4.74 Å². The van der Waals surface area contributed by atoms with Crippen LogP contribution in [0.5, 0.6) is 0 Å². The molecule has 0 amide bonds. The van der Waals surface area contributed by atoms with Gasteiger partial charge in [0.05, 0.1) is 0 Å². The molecule has 0 aromatic heterocycles. The summed E-state index contributed by atoms with van der Waals surface area (Å²) in [6, 6.07) is 0.499. The molecule has 1 atom stereocenters. The molecular formula is C15H27F3N2O. The number of piperazine rings is 1. The van der Waals surface area contributed by atoms with Gasteiger partial charge >= 0.3 is 6.18 Å². The monoisotopic (exact) mass is 308 g/mol. The van der Waals surface area contributed by atoms with E-state index in [0.717, 1.165) is 26.1 Å². The van der Waals surface area contributed by atoms with E-state index in [1.165, 1.54) is 25.7 Å². The fourth-order valence-corrected chi connectivity index (χ4v) is 3.65. The molecule has 124 valence electrons. The third-order valence-electron chi connectivity index (χ3n) is 4.77. The average Bonchev–Trinajstić information content (AvgIpc) is 2.85. The molecular weight excluding hydrogens is 281 g/mol. The minimum Gasteiger partial charge on any atom is -0.372 e. The van der Waals surface area contributed by atoms with Crippen LogP contribution in [0.15, 0.2) is 0 Å². The second-order valence-electron chi connectivity index (χ2n) is 6.42. The molecule has 1 unspecified atom stereocenters. The van der Waals surface area contributed by atoms with Crippen molar-refractivity contribution in [3.8, 4) is 0 Å². The molecule has 1 saturated heterocycles. The standard InChI is InChI=1S/C15H27F3N2O/c1-2-13-10-19-14(6-3-4-7-14)11-20(13)8-5-9-21-12-15(16,17)18/h13,19H,2-12H2,1H3. The summed E-state index contributed by atoms with van der Waals surface area (Å²) in [6.45, 7) is 4.10. The van der Waals surface area contributed by atoms with E-state index in [0.29, 0.717) is 12.5 Å². The SMILES string of the molecule is CCC1CNC2(CCCC2)CN1CCCOCC(F)(F)F. The molecule has 2 fully saturated rings. The molecule has 2 aliphatic rings. The van der Waals surface area contributed by atoms with Crippen molar-refractivity contribution in [1.29, 1.82) is 0 Å². The number of hydrogen-bond donors (Lipinski definition) is 1. The summed E-state index contributed by atoms with van der Waals surface area (Å²) >= 11 is 0. The largest absolute Gasteiger partial charge is 0.411 e. The molecule has 0 radical (unpaired) electrons. The number of halogens is 3. The zero-order chi connectivity index (χ0) is 15.3. The number of ether oxygens (including phenoxy) is 1. The third kappa shape index (κ3) is 5.11. The topological polar surface area (TPSA) is 24.5 Å². The van der Waals surface area contributed by atoms with Crippen LogP contribution in [-0.2, 0) is 4.74 Å². The number of hydrogen-bond acceptors (Lipinski definition) is 3. The van der Waals surface area contributed by atoms with Gasteiger partial charge in [0.1, 0.15) is 6.61 Å². The van der Waals surface area contributed by atoms with E-state index in [-0.39, 0.29) is 12.1 Å². The molecule has 0 aromatic carbocycles. The van der Waals surface area contributed by atoms with Crippen LogP contribution in [0.3, 0.4) is 0 Å². The van der Waals surface area contributed by atoms with Crippen LogP contribution in [0.4, 0.5) is 13.2 Å². The van der Waals surface area contributed by atoms with Crippen molar-refractivity contribution in [1.82, 2.24) is 10.2 Å². The summed E-state index contributed by atoms with van der Waals surface area (Å²) in [5.41, 5.74) is 0.262. The first kappa shape index (κ1) is 17.0. The summed E-state index contributed by atoms with van der Waals surface area (Å²) in [6.07, 6.45) is 2.55. The van der Waals surface area contributed by atoms with Crippen LogP contribution in [0.2, 0.25) is 0 Å². The molecule has 1 saturated carbocycles. The summed E-state index contributed by atoms with van der Waals surface area (Å²) < 4.78 is 40.7. The van der Waals surface area contributed by atoms with Gasteiger partial charge in [0, 0.05) is 37.8 Å². The van der Waals surface area contributed by atoms with Crippen LogP contribution < -0.4 is 5.32 Å². The molecule has 0 aromatic rings. The lowest BCUT2D eigenvalue weighted by molar-refractivity contribution is -0.174. The number of nitrogens with one attached hydrogen (secondary N) is 1. The molecule has 1 spiro atoms. The van der Waals surface area contributed by atoms with Gasteiger partial charge in [0.2, 0.25) is 0 Å². The summed E-state index contributed by atoms with van der Waals surface area (Å²) in [5, 5.41) is 3.73. The van der Waals surface area contributed by atoms with E-state index < -0.39 is 12.8 Å². The fraction of sp³-hybridized carbons (Fsp3) is 1.00. The minimum atomic E-state index is -4.21. The van der Waals surface area contributed by atoms with Gasteiger partial charge in [-0.15, -0.1) is 0 Å². The molecule has 0 bridgehead atoms. The van der Waals surface area contributed by atoms with Gasteiger partial charge in [-0.2, -0.15) is 13.2 Å². The summed E-state index contributed by atoms with van der Waals surface area (Å²) in [7, 11) is 0. The Morgan fingerprint density at radius 1 is 1.29 bits per heavy atom. The van der Waals surface area contributed by atoms with E-state index in [1.54, 1.807) is 0 Å². The van der Waals surface area contributed by atoms with Gasteiger partial charge in [-0.05, 0) is 25.7 Å². The number of nitrogens with zero attached hydrogens (tertiary/aromatic N) is 1. The molecule has 1 heterocycles. The van der Waals surface area contributed by atoms with Crippen molar-refractivity contribution >= 4 is 0 Å². The predicted octanol–water partition coefficient (Wildman–Crippen LogP) is 2.95. The highest BCUT2D eigenvalue weighted by Gasteiger charge is 2.40. The van der Waals surface area contributed by atoms with Gasteiger partial charge in [0.25, 0.3) is 0 Å². The van der Waals surface area contributed by atoms with Crippen molar-refractivity contribution < 1.29 is 17.9 Å². The highest BCUT2D eigenvalue weighted by atomic mass is 19.4. The minimum absolute atomic E-state index is 0.187. The van der Waals surface area contributed by atoms with Crippen molar-refractivity contribution in [2.24, 2.45) is 0 Å². The molecule has 3 nitrogen and oxygen atoms in total. The molecule has 1 aliphatic heterocycles. The van der Waals surface area contributed by atoms with Crippen LogP contribution in [0.25, 0.3) is 0 Å². The zero-order valence-corrected chi connectivity index (χ0v) is 12.8. The van der Waals surface area contributed by atoms with Crippen molar-refractivity contribution in [3.05, 3.63) is 0 Å². The lowest BCUT2D eigenvalue weighted by Crippen LogP contribution is -2.63. The number of rotatable bonds is 6. The predicted molar refractivity (Wildman–Crippen MR) is 76.3 cm³/mol. The van der Waals surface area contributed by atoms with Crippen molar-refractivity contribution in [2.45, 2.75) is 63.2 Å². The average molecular weight is 308 g/mol. The Hall–Kier alpha value is -0.330. The van der Waals surface area contributed by atoms with Crippen LogP contribution in [0, 0.1) is 0 Å². The highest BCUT2D eigenvalue weighted by molar-refractivity contribution is 5.00. The smallest absolute Gasteiger partial charge is 0.372 e. The third-order valence-corrected chi connectivity index (χ3v) is 4.77.